The molecule has 0 radical (unpaired) electrons. The minimum atomic E-state index is 0.930. The lowest BCUT2D eigenvalue weighted by Crippen LogP contribution is -1.99. The highest BCUT2D eigenvalue weighted by Gasteiger charge is 2.21. The molecule has 2 nitrogen and oxygen atoms in total. The molecular weight excluding hydrogens is 172 g/mol. The van der Waals surface area contributed by atoms with E-state index < -0.39 is 0 Å². The molecule has 0 aromatic carbocycles. The molecule has 80 valence electrons. The second kappa shape index (κ2) is 5.84. The Balaban J connectivity index is 0.000000293. The predicted molar refractivity (Wildman–Crippen MR) is 60.3 cm³/mol. The lowest BCUT2D eigenvalue weighted by molar-refractivity contribution is 0.563. The Morgan fingerprint density at radius 3 is 2.43 bits per heavy atom. The predicted octanol–water partition coefficient (Wildman–Crippen LogP) is 3.27. The molecule has 0 spiro atoms. The van der Waals surface area contributed by atoms with Gasteiger partial charge in [-0.15, -0.1) is 0 Å². The summed E-state index contributed by atoms with van der Waals surface area (Å²) in [4.78, 5) is 0. The van der Waals surface area contributed by atoms with Crippen molar-refractivity contribution in [2.45, 2.75) is 53.0 Å². The van der Waals surface area contributed by atoms with Crippen molar-refractivity contribution >= 4 is 0 Å². The van der Waals surface area contributed by atoms with Crippen LogP contribution in [-0.2, 0) is 13.0 Å². The van der Waals surface area contributed by atoms with Crippen LogP contribution in [0, 0.1) is 5.92 Å². The van der Waals surface area contributed by atoms with Crippen molar-refractivity contribution in [1.29, 1.82) is 0 Å². The molecule has 0 saturated heterocycles. The zero-order chi connectivity index (χ0) is 10.4. The number of hydrogen-bond acceptors (Lipinski definition) is 1. The molecule has 14 heavy (non-hydrogen) atoms. The summed E-state index contributed by atoms with van der Waals surface area (Å²) in [5, 5.41) is 4.28. The number of hydrogen-bond donors (Lipinski definition) is 0. The minimum Gasteiger partial charge on any atom is -0.272 e. The summed E-state index contributed by atoms with van der Waals surface area (Å²) in [6.45, 7) is 7.55. The molecule has 1 heterocycles. The Morgan fingerprint density at radius 1 is 1.36 bits per heavy atom. The SMILES string of the molecule is CCC.CCc1cnn(CC2CC2)c1. The molecule has 0 N–H and O–H groups in total. The van der Waals surface area contributed by atoms with Crippen molar-refractivity contribution in [1.82, 2.24) is 9.78 Å². The summed E-state index contributed by atoms with van der Waals surface area (Å²) in [5.74, 6) is 0.930. The van der Waals surface area contributed by atoms with Crippen LogP contribution in [0.15, 0.2) is 12.4 Å². The number of aryl methyl sites for hydroxylation is 1. The van der Waals surface area contributed by atoms with Crippen LogP contribution in [0.3, 0.4) is 0 Å². The molecule has 0 unspecified atom stereocenters. The van der Waals surface area contributed by atoms with Gasteiger partial charge in [0.15, 0.2) is 0 Å². The summed E-state index contributed by atoms with van der Waals surface area (Å²) in [5.41, 5.74) is 1.35. The molecular formula is C12H22N2. The highest BCUT2D eigenvalue weighted by molar-refractivity contribution is 5.03. The van der Waals surface area contributed by atoms with Crippen molar-refractivity contribution in [2.75, 3.05) is 0 Å². The molecule has 1 fully saturated rings. The third-order valence-corrected chi connectivity index (χ3v) is 2.24. The van der Waals surface area contributed by atoms with Gasteiger partial charge in [-0.3, -0.25) is 4.68 Å². The molecule has 0 atom stereocenters. The van der Waals surface area contributed by atoms with E-state index in [1.807, 2.05) is 6.20 Å². The average molecular weight is 194 g/mol. The molecule has 0 amide bonds. The molecule has 1 aliphatic rings. The van der Waals surface area contributed by atoms with Gasteiger partial charge >= 0.3 is 0 Å². The van der Waals surface area contributed by atoms with Crippen LogP contribution in [-0.4, -0.2) is 9.78 Å². The zero-order valence-electron chi connectivity index (χ0n) is 9.66. The van der Waals surface area contributed by atoms with E-state index in [1.54, 1.807) is 0 Å². The van der Waals surface area contributed by atoms with Crippen molar-refractivity contribution in [3.05, 3.63) is 18.0 Å². The van der Waals surface area contributed by atoms with Crippen molar-refractivity contribution in [3.8, 4) is 0 Å². The molecule has 1 aliphatic carbocycles. The molecule has 0 aliphatic heterocycles. The lowest BCUT2D eigenvalue weighted by Gasteiger charge is -1.95. The van der Waals surface area contributed by atoms with E-state index >= 15 is 0 Å². The Bertz CT molecular complexity index is 249. The topological polar surface area (TPSA) is 17.8 Å². The highest BCUT2D eigenvalue weighted by atomic mass is 15.3. The lowest BCUT2D eigenvalue weighted by atomic mass is 10.3. The van der Waals surface area contributed by atoms with Crippen LogP contribution in [0.25, 0.3) is 0 Å². The fourth-order valence-electron chi connectivity index (χ4n) is 1.25. The Morgan fingerprint density at radius 2 is 2.00 bits per heavy atom. The van der Waals surface area contributed by atoms with Crippen LogP contribution >= 0.6 is 0 Å². The maximum atomic E-state index is 4.28. The third kappa shape index (κ3) is 3.95. The maximum Gasteiger partial charge on any atom is 0.0521 e. The Kier molecular flexibility index (Phi) is 4.71. The first-order valence-corrected chi connectivity index (χ1v) is 5.81. The normalized spacial score (nSPS) is 14.8. The summed E-state index contributed by atoms with van der Waals surface area (Å²) in [7, 11) is 0. The largest absolute Gasteiger partial charge is 0.272 e. The first-order chi connectivity index (χ1) is 6.80. The summed E-state index contributed by atoms with van der Waals surface area (Å²) in [6.07, 6.45) is 9.30. The summed E-state index contributed by atoms with van der Waals surface area (Å²) in [6, 6.07) is 0. The molecule has 2 rings (SSSR count). The fourth-order valence-corrected chi connectivity index (χ4v) is 1.25. The van der Waals surface area contributed by atoms with Crippen LogP contribution in [0.2, 0.25) is 0 Å². The molecule has 1 aromatic rings. The van der Waals surface area contributed by atoms with Gasteiger partial charge in [0, 0.05) is 12.7 Å². The van der Waals surface area contributed by atoms with Crippen molar-refractivity contribution in [3.63, 3.8) is 0 Å². The number of aromatic nitrogens is 2. The van der Waals surface area contributed by atoms with Gasteiger partial charge in [0.25, 0.3) is 0 Å². The van der Waals surface area contributed by atoms with Gasteiger partial charge in [0.05, 0.1) is 6.20 Å². The Labute approximate surface area is 87.3 Å². The van der Waals surface area contributed by atoms with Gasteiger partial charge in [-0.1, -0.05) is 27.2 Å². The average Bonchev–Trinajstić information content (AvgIpc) is 2.84. The number of nitrogens with zero attached hydrogens (tertiary/aromatic N) is 2. The molecule has 1 saturated carbocycles. The monoisotopic (exact) mass is 194 g/mol. The van der Waals surface area contributed by atoms with E-state index in [4.69, 9.17) is 0 Å². The summed E-state index contributed by atoms with van der Waals surface area (Å²) < 4.78 is 2.08. The first kappa shape index (κ1) is 11.3. The molecule has 2 heteroatoms. The quantitative estimate of drug-likeness (QED) is 0.722. The zero-order valence-corrected chi connectivity index (χ0v) is 9.66. The van der Waals surface area contributed by atoms with Gasteiger partial charge in [-0.2, -0.15) is 5.10 Å². The van der Waals surface area contributed by atoms with E-state index in [1.165, 1.54) is 24.8 Å². The van der Waals surface area contributed by atoms with Crippen molar-refractivity contribution < 1.29 is 0 Å². The standard InChI is InChI=1S/C9H14N2.C3H8/c1-2-8-5-10-11(6-8)7-9-3-4-9;1-3-2/h5-6,9H,2-4,7H2,1H3;3H2,1-2H3. The molecule has 0 bridgehead atoms. The van der Waals surface area contributed by atoms with E-state index in [2.05, 4.69) is 36.7 Å². The van der Waals surface area contributed by atoms with E-state index in [9.17, 15) is 0 Å². The number of rotatable bonds is 3. The van der Waals surface area contributed by atoms with Gasteiger partial charge in [-0.25, -0.2) is 0 Å². The van der Waals surface area contributed by atoms with Crippen LogP contribution < -0.4 is 0 Å². The van der Waals surface area contributed by atoms with Gasteiger partial charge < -0.3 is 0 Å². The second-order valence-corrected chi connectivity index (χ2v) is 4.07. The van der Waals surface area contributed by atoms with Gasteiger partial charge in [0.1, 0.15) is 0 Å². The van der Waals surface area contributed by atoms with E-state index in [0.29, 0.717) is 0 Å². The third-order valence-electron chi connectivity index (χ3n) is 2.24. The Hall–Kier alpha value is -0.790. The van der Waals surface area contributed by atoms with Gasteiger partial charge in [-0.05, 0) is 30.7 Å². The van der Waals surface area contributed by atoms with Gasteiger partial charge in [0.2, 0.25) is 0 Å². The smallest absolute Gasteiger partial charge is 0.0521 e. The fraction of sp³-hybridized carbons (Fsp3) is 0.750. The summed E-state index contributed by atoms with van der Waals surface area (Å²) >= 11 is 0. The van der Waals surface area contributed by atoms with Crippen LogP contribution in [0.1, 0.15) is 45.6 Å². The van der Waals surface area contributed by atoms with E-state index in [0.717, 1.165) is 18.9 Å². The van der Waals surface area contributed by atoms with Crippen LogP contribution in [0.4, 0.5) is 0 Å². The first-order valence-electron chi connectivity index (χ1n) is 5.81. The van der Waals surface area contributed by atoms with Crippen molar-refractivity contribution in [2.24, 2.45) is 5.92 Å². The van der Waals surface area contributed by atoms with E-state index in [-0.39, 0.29) is 0 Å². The highest BCUT2D eigenvalue weighted by Crippen LogP contribution is 2.30. The van der Waals surface area contributed by atoms with Crippen LogP contribution in [0.5, 0.6) is 0 Å². The second-order valence-electron chi connectivity index (χ2n) is 4.07. The maximum absolute atomic E-state index is 4.28. The minimum absolute atomic E-state index is 0.930. The molecule has 1 aromatic heterocycles.